The van der Waals surface area contributed by atoms with Crippen LogP contribution in [0.2, 0.25) is 10.0 Å². The molecule has 2 aromatic rings. The van der Waals surface area contributed by atoms with Crippen molar-refractivity contribution in [2.45, 2.75) is 45.7 Å². The van der Waals surface area contributed by atoms with Gasteiger partial charge >= 0.3 is 0 Å². The van der Waals surface area contributed by atoms with E-state index in [0.29, 0.717) is 34.3 Å². The van der Waals surface area contributed by atoms with Crippen LogP contribution in [0.1, 0.15) is 38.7 Å². The van der Waals surface area contributed by atoms with E-state index in [1.165, 1.54) is 4.90 Å². The third kappa shape index (κ3) is 7.89. The van der Waals surface area contributed by atoms with E-state index in [-0.39, 0.29) is 12.5 Å². The van der Waals surface area contributed by atoms with Gasteiger partial charge in [-0.15, -0.1) is 0 Å². The molecule has 0 aromatic heterocycles. The maximum absolute atomic E-state index is 13.5. The monoisotopic (exact) mass is 527 g/mol. The fourth-order valence-corrected chi connectivity index (χ4v) is 4.64. The highest BCUT2D eigenvalue weighted by Gasteiger charge is 2.31. The van der Waals surface area contributed by atoms with E-state index in [1.54, 1.807) is 48.5 Å². The summed E-state index contributed by atoms with van der Waals surface area (Å²) in [6, 6.07) is 12.6. The third-order valence-electron chi connectivity index (χ3n) is 5.28. The number of nitrogens with zero attached hydrogens (tertiary/aromatic N) is 2. The Morgan fingerprint density at radius 1 is 1.03 bits per heavy atom. The van der Waals surface area contributed by atoms with Gasteiger partial charge in [0.05, 0.1) is 22.0 Å². The SMILES string of the molecule is CCCCNC(=O)[C@@H](CC)N(Cc1ccc(Cl)c(Cl)c1)C(=O)CN(c1ccccc1)S(C)(=O)=O. The molecular formula is C24H31Cl2N3O4S. The lowest BCUT2D eigenvalue weighted by Crippen LogP contribution is -2.52. The Bertz CT molecular complexity index is 1080. The molecule has 0 aliphatic rings. The van der Waals surface area contributed by atoms with Gasteiger partial charge < -0.3 is 10.2 Å². The minimum absolute atomic E-state index is 0.0712. The lowest BCUT2D eigenvalue weighted by atomic mass is 10.1. The Kier molecular flexibility index (Phi) is 10.7. The van der Waals surface area contributed by atoms with Crippen LogP contribution in [0.15, 0.2) is 48.5 Å². The van der Waals surface area contributed by atoms with Gasteiger partial charge in [-0.1, -0.05) is 67.7 Å². The normalized spacial score (nSPS) is 12.1. The van der Waals surface area contributed by atoms with E-state index in [0.717, 1.165) is 23.4 Å². The van der Waals surface area contributed by atoms with E-state index >= 15 is 0 Å². The fraction of sp³-hybridized carbons (Fsp3) is 0.417. The number of carbonyl (C=O) groups excluding carboxylic acids is 2. The molecule has 1 N–H and O–H groups in total. The summed E-state index contributed by atoms with van der Waals surface area (Å²) < 4.78 is 26.1. The summed E-state index contributed by atoms with van der Waals surface area (Å²) in [5.74, 6) is -0.784. The van der Waals surface area contributed by atoms with Crippen LogP contribution in [0.4, 0.5) is 5.69 Å². The van der Waals surface area contributed by atoms with Crippen molar-refractivity contribution in [1.82, 2.24) is 10.2 Å². The van der Waals surface area contributed by atoms with Crippen LogP contribution in [-0.2, 0) is 26.2 Å². The second kappa shape index (κ2) is 13.0. The quantitative estimate of drug-likeness (QED) is 0.412. The molecule has 186 valence electrons. The highest BCUT2D eigenvalue weighted by Crippen LogP contribution is 2.25. The van der Waals surface area contributed by atoms with Gasteiger partial charge in [0.15, 0.2) is 0 Å². The molecule has 0 fully saturated rings. The molecule has 0 aliphatic carbocycles. The first-order chi connectivity index (χ1) is 16.1. The highest BCUT2D eigenvalue weighted by molar-refractivity contribution is 7.92. The van der Waals surface area contributed by atoms with Gasteiger partial charge in [0.2, 0.25) is 21.8 Å². The van der Waals surface area contributed by atoms with Gasteiger partial charge in [-0.2, -0.15) is 0 Å². The number of amides is 2. The number of unbranched alkanes of at least 4 members (excludes halogenated alkanes) is 1. The molecule has 0 spiro atoms. The molecular weight excluding hydrogens is 497 g/mol. The fourth-order valence-electron chi connectivity index (χ4n) is 3.47. The molecule has 10 heteroatoms. The Morgan fingerprint density at radius 3 is 2.26 bits per heavy atom. The zero-order chi connectivity index (χ0) is 25.3. The second-order valence-corrected chi connectivity index (χ2v) is 10.7. The van der Waals surface area contributed by atoms with Gasteiger partial charge in [-0.3, -0.25) is 13.9 Å². The first-order valence-corrected chi connectivity index (χ1v) is 13.7. The molecule has 2 aromatic carbocycles. The summed E-state index contributed by atoms with van der Waals surface area (Å²) in [4.78, 5) is 27.9. The third-order valence-corrected chi connectivity index (χ3v) is 7.16. The summed E-state index contributed by atoms with van der Waals surface area (Å²) in [6.45, 7) is 3.96. The van der Waals surface area contributed by atoms with Gasteiger partial charge in [0.1, 0.15) is 12.6 Å². The van der Waals surface area contributed by atoms with Crippen molar-refractivity contribution in [2.24, 2.45) is 0 Å². The molecule has 2 rings (SSSR count). The van der Waals surface area contributed by atoms with Crippen LogP contribution in [0.25, 0.3) is 0 Å². The summed E-state index contributed by atoms with van der Waals surface area (Å²) in [6.07, 6.45) is 3.14. The molecule has 0 saturated heterocycles. The average Bonchev–Trinajstić information content (AvgIpc) is 2.79. The molecule has 34 heavy (non-hydrogen) atoms. The number of sulfonamides is 1. The van der Waals surface area contributed by atoms with Crippen molar-refractivity contribution >= 4 is 50.7 Å². The van der Waals surface area contributed by atoms with Crippen LogP contribution in [0.3, 0.4) is 0 Å². The molecule has 0 radical (unpaired) electrons. The average molecular weight is 529 g/mol. The molecule has 0 saturated carbocycles. The number of halogens is 2. The number of benzene rings is 2. The van der Waals surface area contributed by atoms with Crippen LogP contribution in [-0.4, -0.2) is 50.5 Å². The van der Waals surface area contributed by atoms with Gasteiger partial charge in [-0.25, -0.2) is 8.42 Å². The minimum Gasteiger partial charge on any atom is -0.354 e. The Balaban J connectivity index is 2.40. The van der Waals surface area contributed by atoms with Gasteiger partial charge in [0.25, 0.3) is 0 Å². The summed E-state index contributed by atoms with van der Waals surface area (Å²) in [5, 5.41) is 3.58. The molecule has 2 amide bonds. The number of anilines is 1. The molecule has 0 unspecified atom stereocenters. The molecule has 0 heterocycles. The zero-order valence-corrected chi connectivity index (χ0v) is 22.0. The smallest absolute Gasteiger partial charge is 0.244 e. The predicted octanol–water partition coefficient (Wildman–Crippen LogP) is 4.48. The number of carbonyl (C=O) groups is 2. The number of hydrogen-bond acceptors (Lipinski definition) is 4. The summed E-state index contributed by atoms with van der Waals surface area (Å²) >= 11 is 12.2. The van der Waals surface area contributed by atoms with Crippen LogP contribution in [0, 0.1) is 0 Å². The molecule has 0 aliphatic heterocycles. The molecule has 0 bridgehead atoms. The van der Waals surface area contributed by atoms with Crippen LogP contribution < -0.4 is 9.62 Å². The Hall–Kier alpha value is -2.29. The van der Waals surface area contributed by atoms with E-state index in [9.17, 15) is 18.0 Å². The Morgan fingerprint density at radius 2 is 1.71 bits per heavy atom. The lowest BCUT2D eigenvalue weighted by Gasteiger charge is -2.33. The van der Waals surface area contributed by atoms with Crippen molar-refractivity contribution in [3.63, 3.8) is 0 Å². The van der Waals surface area contributed by atoms with E-state index in [4.69, 9.17) is 23.2 Å². The standard InChI is InChI=1S/C24H31Cl2N3O4S/c1-4-6-14-27-24(31)22(5-2)28(16-18-12-13-20(25)21(26)15-18)23(30)17-29(34(3,32)33)19-10-8-7-9-11-19/h7-13,15,22H,4-6,14,16-17H2,1-3H3,(H,27,31)/t22-/m1/s1. The molecule has 1 atom stereocenters. The van der Waals surface area contributed by atoms with Crippen molar-refractivity contribution < 1.29 is 18.0 Å². The van der Waals surface area contributed by atoms with Crippen molar-refractivity contribution in [3.05, 3.63) is 64.1 Å². The zero-order valence-electron chi connectivity index (χ0n) is 19.6. The first-order valence-electron chi connectivity index (χ1n) is 11.1. The largest absolute Gasteiger partial charge is 0.354 e. The van der Waals surface area contributed by atoms with E-state index in [1.807, 2.05) is 13.8 Å². The second-order valence-electron chi connectivity index (χ2n) is 7.94. The maximum atomic E-state index is 13.5. The molecule has 7 nitrogen and oxygen atoms in total. The van der Waals surface area contributed by atoms with Crippen molar-refractivity contribution in [2.75, 3.05) is 23.7 Å². The topological polar surface area (TPSA) is 86.8 Å². The lowest BCUT2D eigenvalue weighted by molar-refractivity contribution is -0.140. The first kappa shape index (κ1) is 28.0. The summed E-state index contributed by atoms with van der Waals surface area (Å²) in [7, 11) is -3.76. The number of nitrogens with one attached hydrogen (secondary N) is 1. The van der Waals surface area contributed by atoms with Crippen LogP contribution in [0.5, 0.6) is 0 Å². The minimum atomic E-state index is -3.76. The number of hydrogen-bond donors (Lipinski definition) is 1. The highest BCUT2D eigenvalue weighted by atomic mass is 35.5. The number of para-hydroxylation sites is 1. The Labute approximate surface area is 212 Å². The van der Waals surface area contributed by atoms with Crippen molar-refractivity contribution in [1.29, 1.82) is 0 Å². The van der Waals surface area contributed by atoms with E-state index < -0.39 is 28.5 Å². The summed E-state index contributed by atoms with van der Waals surface area (Å²) in [5.41, 5.74) is 1.04. The van der Waals surface area contributed by atoms with E-state index in [2.05, 4.69) is 5.32 Å². The van der Waals surface area contributed by atoms with Gasteiger partial charge in [-0.05, 0) is 42.7 Å². The predicted molar refractivity (Wildman–Crippen MR) is 138 cm³/mol. The number of rotatable bonds is 12. The van der Waals surface area contributed by atoms with Gasteiger partial charge in [0, 0.05) is 13.1 Å². The van der Waals surface area contributed by atoms with Crippen molar-refractivity contribution in [3.8, 4) is 0 Å². The maximum Gasteiger partial charge on any atom is 0.244 e. The van der Waals surface area contributed by atoms with Crippen LogP contribution >= 0.6 is 23.2 Å².